The van der Waals surface area contributed by atoms with E-state index in [1.807, 2.05) is 0 Å². The Labute approximate surface area is 352 Å². The Morgan fingerprint density at radius 1 is 0.508 bits per heavy atom. The van der Waals surface area contributed by atoms with Crippen LogP contribution in [0.3, 0.4) is 0 Å². The molecule has 0 N–H and O–H groups in total. The first kappa shape index (κ1) is 45.1. The number of benzene rings is 4. The van der Waals surface area contributed by atoms with Gasteiger partial charge in [0.1, 0.15) is 23.0 Å². The van der Waals surface area contributed by atoms with Gasteiger partial charge in [0.2, 0.25) is 0 Å². The van der Waals surface area contributed by atoms with Crippen molar-refractivity contribution < 1.29 is 57.1 Å². The van der Waals surface area contributed by atoms with Gasteiger partial charge in [-0.05, 0) is 137 Å². The Hall–Kier alpha value is -7.04. The zero-order chi connectivity index (χ0) is 43.5. The third kappa shape index (κ3) is 15.3. The van der Waals surface area contributed by atoms with Crippen molar-refractivity contribution in [1.82, 2.24) is 0 Å². The highest BCUT2D eigenvalue weighted by atomic mass is 16.8. The molecular weight excluding hydrogens is 789 g/mol. The summed E-state index contributed by atoms with van der Waals surface area (Å²) in [5.74, 6) is -2.14. The zero-order valence-corrected chi connectivity index (χ0v) is 33.8. The molecular formula is C45H46N4O12. The first-order valence-corrected chi connectivity index (χ1v) is 19.4. The maximum absolute atomic E-state index is 13.2. The van der Waals surface area contributed by atoms with E-state index in [4.69, 9.17) is 37.9 Å². The maximum atomic E-state index is 13.2. The molecule has 0 aliphatic carbocycles. The topological polar surface area (TPSA) is 192 Å². The first-order chi connectivity index (χ1) is 29.5. The van der Waals surface area contributed by atoms with Gasteiger partial charge in [0.15, 0.2) is 18.0 Å². The molecule has 1 heterocycles. The predicted molar refractivity (Wildman–Crippen MR) is 221 cm³/mol. The van der Waals surface area contributed by atoms with Crippen molar-refractivity contribution >= 4 is 46.6 Å². The minimum absolute atomic E-state index is 0.191. The van der Waals surface area contributed by atoms with Gasteiger partial charge in [0.05, 0.1) is 49.2 Å². The van der Waals surface area contributed by atoms with Crippen molar-refractivity contribution in [3.05, 3.63) is 122 Å². The molecule has 318 valence electrons. The largest absolute Gasteiger partial charge is 0.494 e. The fourth-order valence-corrected chi connectivity index (χ4v) is 5.32. The SMILES string of the molecule is C=CC(=O)OCCCCOc1ccc(N=Nc2ccc(OC(=O)C3OC(C)(C)OC3C(=O)Oc3ccc(N=Nc4ccc(OCCCCOC(=O)C=C)cc4)cc3)cc2)cc1. The summed E-state index contributed by atoms with van der Waals surface area (Å²) in [6, 6.07) is 26.8. The van der Waals surface area contributed by atoms with Gasteiger partial charge in [-0.3, -0.25) is 0 Å². The molecule has 61 heavy (non-hydrogen) atoms. The van der Waals surface area contributed by atoms with E-state index >= 15 is 0 Å². The van der Waals surface area contributed by atoms with Gasteiger partial charge in [-0.2, -0.15) is 20.5 Å². The van der Waals surface area contributed by atoms with E-state index in [1.165, 1.54) is 24.3 Å². The first-order valence-electron chi connectivity index (χ1n) is 19.4. The van der Waals surface area contributed by atoms with Crippen molar-refractivity contribution in [2.75, 3.05) is 26.4 Å². The van der Waals surface area contributed by atoms with Crippen molar-refractivity contribution in [3.8, 4) is 23.0 Å². The molecule has 4 aromatic carbocycles. The number of esters is 4. The summed E-state index contributed by atoms with van der Waals surface area (Å²) in [5, 5.41) is 16.9. The molecule has 0 radical (unpaired) electrons. The van der Waals surface area contributed by atoms with E-state index in [1.54, 1.807) is 86.6 Å². The molecule has 0 amide bonds. The summed E-state index contributed by atoms with van der Waals surface area (Å²) >= 11 is 0. The van der Waals surface area contributed by atoms with Gasteiger partial charge in [-0.25, -0.2) is 19.2 Å². The fourth-order valence-electron chi connectivity index (χ4n) is 5.32. The Kier molecular flexibility index (Phi) is 16.9. The molecule has 0 saturated carbocycles. The lowest BCUT2D eigenvalue weighted by molar-refractivity contribution is -0.167. The molecule has 0 bridgehead atoms. The number of azo groups is 2. The lowest BCUT2D eigenvalue weighted by Crippen LogP contribution is -2.41. The summed E-state index contributed by atoms with van der Waals surface area (Å²) < 4.78 is 43.9. The lowest BCUT2D eigenvalue weighted by atomic mass is 10.2. The third-order valence-electron chi connectivity index (χ3n) is 8.34. The molecule has 16 nitrogen and oxygen atoms in total. The number of hydrogen-bond donors (Lipinski definition) is 0. The average Bonchev–Trinajstić information content (AvgIpc) is 3.61. The number of ether oxygens (including phenoxy) is 8. The van der Waals surface area contributed by atoms with Crippen LogP contribution in [0, 0.1) is 0 Å². The van der Waals surface area contributed by atoms with Crippen molar-refractivity contribution in [2.45, 2.75) is 57.5 Å². The molecule has 4 aromatic rings. The van der Waals surface area contributed by atoms with E-state index in [2.05, 4.69) is 33.6 Å². The number of hydrogen-bond acceptors (Lipinski definition) is 16. The van der Waals surface area contributed by atoms with Gasteiger partial charge < -0.3 is 37.9 Å². The van der Waals surface area contributed by atoms with E-state index in [-0.39, 0.29) is 11.5 Å². The molecule has 2 atom stereocenters. The van der Waals surface area contributed by atoms with Crippen LogP contribution in [-0.2, 0) is 38.1 Å². The van der Waals surface area contributed by atoms with Crippen LogP contribution >= 0.6 is 0 Å². The summed E-state index contributed by atoms with van der Waals surface area (Å²) in [6.07, 6.45) is 2.22. The number of rotatable bonds is 22. The van der Waals surface area contributed by atoms with Crippen LogP contribution < -0.4 is 18.9 Å². The highest BCUT2D eigenvalue weighted by Gasteiger charge is 2.51. The van der Waals surface area contributed by atoms with E-state index in [0.717, 1.165) is 25.0 Å². The Bertz CT molecular complexity index is 2000. The number of carbonyl (C=O) groups is 4. The standard InChI is InChI=1S/C45H46N4O12/c1-5-39(50)56-29-9-7-27-54-35-19-11-31(12-20-35)46-48-33-15-23-37(24-16-33)58-43(52)41-42(61-45(3,4)60-41)44(53)59-38-25-17-34(18-26-38)49-47-32-13-21-36(22-14-32)55-28-8-10-30-57-40(51)6-2/h5-6,11-26,41-42H,1-2,7-10,27-30H2,3-4H3. The van der Waals surface area contributed by atoms with Crippen LogP contribution in [0.5, 0.6) is 23.0 Å². The second kappa shape index (κ2) is 22.9. The van der Waals surface area contributed by atoms with Gasteiger partial charge in [0, 0.05) is 12.2 Å². The summed E-state index contributed by atoms with van der Waals surface area (Å²) in [5.41, 5.74) is 2.20. The normalized spacial score (nSPS) is 15.5. The van der Waals surface area contributed by atoms with Crippen LogP contribution in [-0.4, -0.2) is 68.3 Å². The van der Waals surface area contributed by atoms with Crippen molar-refractivity contribution in [3.63, 3.8) is 0 Å². The van der Waals surface area contributed by atoms with Gasteiger partial charge in [-0.15, -0.1) is 0 Å². The molecule has 1 saturated heterocycles. The van der Waals surface area contributed by atoms with Gasteiger partial charge in [-0.1, -0.05) is 13.2 Å². The van der Waals surface area contributed by atoms with Crippen LogP contribution in [0.2, 0.25) is 0 Å². The minimum Gasteiger partial charge on any atom is -0.494 e. The molecule has 1 aliphatic rings. The maximum Gasteiger partial charge on any atom is 0.344 e. The number of carbonyl (C=O) groups excluding carboxylic acids is 4. The Balaban J connectivity index is 1.05. The van der Waals surface area contributed by atoms with E-state index < -0.39 is 41.9 Å². The predicted octanol–water partition coefficient (Wildman–Crippen LogP) is 9.32. The molecule has 16 heteroatoms. The smallest absolute Gasteiger partial charge is 0.344 e. The molecule has 1 fully saturated rings. The Morgan fingerprint density at radius 2 is 0.803 bits per heavy atom. The highest BCUT2D eigenvalue weighted by Crippen LogP contribution is 2.32. The summed E-state index contributed by atoms with van der Waals surface area (Å²) in [4.78, 5) is 48.6. The van der Waals surface area contributed by atoms with Crippen LogP contribution in [0.15, 0.2) is 143 Å². The molecule has 0 aromatic heterocycles. The van der Waals surface area contributed by atoms with Crippen LogP contribution in [0.25, 0.3) is 0 Å². The summed E-state index contributed by atoms with van der Waals surface area (Å²) in [6.45, 7) is 11.4. The zero-order valence-electron chi connectivity index (χ0n) is 33.8. The quantitative estimate of drug-likeness (QED) is 0.0240. The van der Waals surface area contributed by atoms with Crippen molar-refractivity contribution in [1.29, 1.82) is 0 Å². The minimum atomic E-state index is -1.41. The third-order valence-corrected chi connectivity index (χ3v) is 8.34. The van der Waals surface area contributed by atoms with Crippen LogP contribution in [0.4, 0.5) is 22.7 Å². The van der Waals surface area contributed by atoms with E-state index in [0.29, 0.717) is 73.5 Å². The Morgan fingerprint density at radius 3 is 1.11 bits per heavy atom. The molecule has 0 spiro atoms. The van der Waals surface area contributed by atoms with Gasteiger partial charge >= 0.3 is 23.9 Å². The fraction of sp³-hybridized carbons (Fsp3) is 0.289. The van der Waals surface area contributed by atoms with Crippen LogP contribution in [0.1, 0.15) is 39.5 Å². The second-order valence-electron chi connectivity index (χ2n) is 13.5. The summed E-state index contributed by atoms with van der Waals surface area (Å²) in [7, 11) is 0. The monoisotopic (exact) mass is 834 g/mol. The average molecular weight is 835 g/mol. The number of nitrogens with zero attached hydrogens (tertiary/aromatic N) is 4. The van der Waals surface area contributed by atoms with Gasteiger partial charge in [0.25, 0.3) is 0 Å². The lowest BCUT2D eigenvalue weighted by Gasteiger charge is -2.16. The second-order valence-corrected chi connectivity index (χ2v) is 13.5. The molecule has 1 aliphatic heterocycles. The molecule has 5 rings (SSSR count). The van der Waals surface area contributed by atoms with Crippen molar-refractivity contribution in [2.24, 2.45) is 20.5 Å². The molecule has 2 unspecified atom stereocenters. The van der Waals surface area contributed by atoms with E-state index in [9.17, 15) is 19.2 Å². The number of unbranched alkanes of at least 4 members (excludes halogenated alkanes) is 2. The highest BCUT2D eigenvalue weighted by molar-refractivity contribution is 5.88.